The first kappa shape index (κ1) is 37.4. The summed E-state index contributed by atoms with van der Waals surface area (Å²) in [4.78, 5) is 16.0. The van der Waals surface area contributed by atoms with Gasteiger partial charge in [0, 0.05) is 49.3 Å². The second-order valence-corrected chi connectivity index (χ2v) is 17.5. The van der Waals surface area contributed by atoms with Crippen molar-refractivity contribution in [1.82, 2.24) is 19.5 Å². The summed E-state index contributed by atoms with van der Waals surface area (Å²) < 4.78 is 2.41. The van der Waals surface area contributed by atoms with E-state index in [1.807, 2.05) is 0 Å². The van der Waals surface area contributed by atoms with Crippen molar-refractivity contribution in [2.75, 3.05) is 0 Å². The van der Waals surface area contributed by atoms with Crippen LogP contribution in [0.4, 0.5) is 0 Å². The largest absolute Gasteiger partial charge is 0.307 e. The topological polar surface area (TPSA) is 43.6 Å². The van der Waals surface area contributed by atoms with Gasteiger partial charge in [-0.2, -0.15) is 0 Å². The van der Waals surface area contributed by atoms with Gasteiger partial charge in [0.2, 0.25) is 0 Å². The summed E-state index contributed by atoms with van der Waals surface area (Å²) in [5, 5.41) is 14.4. The third kappa shape index (κ3) is 5.83. The normalized spacial score (nSPS) is 11.9. The van der Waals surface area contributed by atoms with Crippen molar-refractivity contribution in [1.29, 1.82) is 0 Å². The van der Waals surface area contributed by atoms with Crippen LogP contribution in [-0.2, 0) is 0 Å². The highest BCUT2D eigenvalue weighted by Crippen LogP contribution is 2.42. The lowest BCUT2D eigenvalue weighted by Crippen LogP contribution is -1.97. The Morgan fingerprint density at radius 2 is 0.761 bits per heavy atom. The lowest BCUT2D eigenvalue weighted by Gasteiger charge is -2.14. The number of fused-ring (bicyclic) bond motifs is 14. The van der Waals surface area contributed by atoms with Gasteiger partial charge < -0.3 is 4.57 Å². The Morgan fingerprint density at radius 3 is 1.48 bits per heavy atom. The molecule has 14 aromatic rings. The van der Waals surface area contributed by atoms with E-state index in [0.717, 1.165) is 83.1 Å². The number of para-hydroxylation sites is 2. The molecule has 0 aliphatic rings. The lowest BCUT2D eigenvalue weighted by molar-refractivity contribution is 1.18. The minimum atomic E-state index is 0.699. The first-order chi connectivity index (χ1) is 33.2. The van der Waals surface area contributed by atoms with Crippen molar-refractivity contribution in [3.8, 4) is 50.7 Å². The van der Waals surface area contributed by atoms with Gasteiger partial charge in [0.25, 0.3) is 0 Å². The van der Waals surface area contributed by atoms with Crippen molar-refractivity contribution in [2.24, 2.45) is 0 Å². The van der Waals surface area contributed by atoms with Crippen molar-refractivity contribution in [3.63, 3.8) is 0 Å². The van der Waals surface area contributed by atoms with Crippen LogP contribution in [0.25, 0.3) is 137 Å². The summed E-state index contributed by atoms with van der Waals surface area (Å²) in [5.41, 5.74) is 12.5. The van der Waals surface area contributed by atoms with Gasteiger partial charge in [0.05, 0.1) is 33.5 Å². The number of rotatable bonds is 5. The molecule has 0 fully saturated rings. The maximum Gasteiger partial charge on any atom is 0.160 e. The number of benzene rings is 11. The molecule has 67 heavy (non-hydrogen) atoms. The molecule has 0 bridgehead atoms. The summed E-state index contributed by atoms with van der Waals surface area (Å²) in [6, 6.07) is 82.6. The average Bonchev–Trinajstić information content (AvgIpc) is 3.75. The molecule has 0 atom stereocenters. The van der Waals surface area contributed by atoms with Gasteiger partial charge in [0.1, 0.15) is 0 Å². The molecule has 4 nitrogen and oxygen atoms in total. The zero-order valence-corrected chi connectivity index (χ0v) is 36.2. The number of pyridine rings is 1. The van der Waals surface area contributed by atoms with Crippen LogP contribution < -0.4 is 0 Å². The number of aromatic nitrogens is 4. The van der Waals surface area contributed by atoms with E-state index in [4.69, 9.17) is 15.0 Å². The zero-order chi connectivity index (χ0) is 44.0. The molecule has 0 amide bonds. The Labute approximate surface area is 385 Å². The molecule has 11 aromatic carbocycles. The van der Waals surface area contributed by atoms with E-state index < -0.39 is 0 Å². The number of hydrogen-bond acceptors (Lipinski definition) is 3. The Bertz CT molecular complexity index is 4270. The SMILES string of the molecule is c1ccc(-c2nc3c(ccc4c5ccc(-c6ccc(-c7nc(-c8ccc9c%10ccccc%10c%10ccccc%10c9c8)c8ccccc8n7)cc6)cc5n(-c5ccccc5)c43)c3ccccc23)cc1. The fourth-order valence-corrected chi connectivity index (χ4v) is 10.6. The highest BCUT2D eigenvalue weighted by atomic mass is 15.0. The average molecular weight is 851 g/mol. The molecule has 0 spiro atoms. The minimum Gasteiger partial charge on any atom is -0.307 e. The molecule has 0 unspecified atom stereocenters. The smallest absolute Gasteiger partial charge is 0.160 e. The first-order valence-electron chi connectivity index (χ1n) is 22.9. The summed E-state index contributed by atoms with van der Waals surface area (Å²) in [5.74, 6) is 0.699. The summed E-state index contributed by atoms with van der Waals surface area (Å²) in [6.45, 7) is 0. The predicted octanol–water partition coefficient (Wildman–Crippen LogP) is 16.6. The molecule has 0 saturated heterocycles. The van der Waals surface area contributed by atoms with Gasteiger partial charge in [-0.25, -0.2) is 15.0 Å². The van der Waals surface area contributed by atoms with Crippen molar-refractivity contribution >= 4 is 86.7 Å². The molecule has 14 rings (SSSR count). The van der Waals surface area contributed by atoms with E-state index in [2.05, 4.69) is 235 Å². The second kappa shape index (κ2) is 14.8. The van der Waals surface area contributed by atoms with Crippen LogP contribution in [-0.4, -0.2) is 19.5 Å². The maximum absolute atomic E-state index is 5.55. The van der Waals surface area contributed by atoms with Crippen LogP contribution >= 0.6 is 0 Å². The van der Waals surface area contributed by atoms with Gasteiger partial charge in [-0.1, -0.05) is 200 Å². The number of hydrogen-bond donors (Lipinski definition) is 0. The molecular formula is C63H38N4. The molecule has 4 heteroatoms. The van der Waals surface area contributed by atoms with Crippen LogP contribution in [0.3, 0.4) is 0 Å². The van der Waals surface area contributed by atoms with Crippen molar-refractivity contribution in [3.05, 3.63) is 231 Å². The van der Waals surface area contributed by atoms with E-state index in [1.54, 1.807) is 0 Å². The zero-order valence-electron chi connectivity index (χ0n) is 36.2. The molecule has 3 heterocycles. The Morgan fingerprint density at radius 1 is 0.269 bits per heavy atom. The van der Waals surface area contributed by atoms with Crippen molar-refractivity contribution < 1.29 is 0 Å². The molecule has 0 aliphatic heterocycles. The van der Waals surface area contributed by atoms with Gasteiger partial charge in [-0.3, -0.25) is 0 Å². The van der Waals surface area contributed by atoms with Crippen LogP contribution in [0.5, 0.6) is 0 Å². The van der Waals surface area contributed by atoms with Crippen LogP contribution in [0.15, 0.2) is 231 Å². The summed E-state index contributed by atoms with van der Waals surface area (Å²) in [7, 11) is 0. The second-order valence-electron chi connectivity index (χ2n) is 17.5. The Hall–Kier alpha value is -8.99. The third-order valence-corrected chi connectivity index (χ3v) is 13.8. The van der Waals surface area contributed by atoms with Gasteiger partial charge in [0.15, 0.2) is 5.82 Å². The van der Waals surface area contributed by atoms with E-state index in [1.165, 1.54) is 48.5 Å². The molecular weight excluding hydrogens is 813 g/mol. The van der Waals surface area contributed by atoms with Crippen LogP contribution in [0, 0.1) is 0 Å². The molecule has 0 N–H and O–H groups in total. The van der Waals surface area contributed by atoms with Crippen molar-refractivity contribution in [2.45, 2.75) is 0 Å². The Balaban J connectivity index is 0.913. The van der Waals surface area contributed by atoms with Gasteiger partial charge in [-0.15, -0.1) is 0 Å². The highest BCUT2D eigenvalue weighted by Gasteiger charge is 2.20. The fourth-order valence-electron chi connectivity index (χ4n) is 10.6. The molecule has 310 valence electrons. The van der Waals surface area contributed by atoms with E-state index in [-0.39, 0.29) is 0 Å². The maximum atomic E-state index is 5.55. The fraction of sp³-hybridized carbons (Fsp3) is 0. The van der Waals surface area contributed by atoms with E-state index in [9.17, 15) is 0 Å². The van der Waals surface area contributed by atoms with E-state index in [0.29, 0.717) is 5.82 Å². The van der Waals surface area contributed by atoms with E-state index >= 15 is 0 Å². The third-order valence-electron chi connectivity index (χ3n) is 13.8. The van der Waals surface area contributed by atoms with Gasteiger partial charge in [-0.05, 0) is 79.2 Å². The summed E-state index contributed by atoms with van der Waals surface area (Å²) >= 11 is 0. The molecule has 3 aromatic heterocycles. The first-order valence-corrected chi connectivity index (χ1v) is 22.9. The monoisotopic (exact) mass is 850 g/mol. The Kier molecular flexibility index (Phi) is 8.25. The number of nitrogens with zero attached hydrogens (tertiary/aromatic N) is 4. The molecule has 0 radical (unpaired) electrons. The summed E-state index contributed by atoms with van der Waals surface area (Å²) in [6.07, 6.45) is 0. The highest BCUT2D eigenvalue weighted by molar-refractivity contribution is 6.26. The molecule has 0 saturated carbocycles. The van der Waals surface area contributed by atoms with Gasteiger partial charge >= 0.3 is 0 Å². The van der Waals surface area contributed by atoms with Crippen LogP contribution in [0.2, 0.25) is 0 Å². The lowest BCUT2D eigenvalue weighted by atomic mass is 9.92. The molecule has 0 aliphatic carbocycles. The minimum absolute atomic E-state index is 0.699. The predicted molar refractivity (Wildman–Crippen MR) is 281 cm³/mol. The standard InChI is InChI=1S/C63H38N4/c1-3-15-40(16-4-1)59-52-24-12-11-23-49(52)53-35-36-54-51-34-31-42(38-58(51)67(62(54)61(53)65-59)44-17-5-2-6-18-44)39-27-29-41(30-28-39)63-64-57-26-14-13-25-55(57)60(66-63)43-32-33-50-47-21-8-7-19-45(47)46-20-9-10-22-48(46)56(50)37-43/h1-38H. The van der Waals surface area contributed by atoms with Crippen LogP contribution in [0.1, 0.15) is 0 Å². The quantitative estimate of drug-likeness (QED) is 0.162.